The number of ether oxygens (including phenoxy) is 2. The molecule has 1 fully saturated rings. The van der Waals surface area contributed by atoms with Crippen molar-refractivity contribution in [3.8, 4) is 11.5 Å². The predicted octanol–water partition coefficient (Wildman–Crippen LogP) is 2.70. The van der Waals surface area contributed by atoms with Gasteiger partial charge < -0.3 is 14.3 Å². The summed E-state index contributed by atoms with van der Waals surface area (Å²) >= 11 is 0. The second kappa shape index (κ2) is 7.49. The zero-order valence-electron chi connectivity index (χ0n) is 13.2. The Morgan fingerprint density at radius 2 is 2.00 bits per heavy atom. The van der Waals surface area contributed by atoms with E-state index >= 15 is 0 Å². The molecule has 22 heavy (non-hydrogen) atoms. The van der Waals surface area contributed by atoms with Gasteiger partial charge in [-0.3, -0.25) is 4.90 Å². The number of rotatable bonds is 5. The van der Waals surface area contributed by atoms with Crippen LogP contribution in [0.1, 0.15) is 26.2 Å². The lowest BCUT2D eigenvalue weighted by molar-refractivity contribution is 0.0935. The van der Waals surface area contributed by atoms with E-state index in [0.29, 0.717) is 13.2 Å². The number of para-hydroxylation sites is 2. The van der Waals surface area contributed by atoms with E-state index < -0.39 is 0 Å². The Bertz CT molecular complexity index is 512. The highest BCUT2D eigenvalue weighted by molar-refractivity contribution is 5.86. The second-order valence-electron chi connectivity index (χ2n) is 5.83. The molecular formula is C17H24N2O3. The van der Waals surface area contributed by atoms with Gasteiger partial charge in [-0.15, -0.1) is 0 Å². The van der Waals surface area contributed by atoms with Crippen molar-refractivity contribution in [2.75, 3.05) is 32.8 Å². The summed E-state index contributed by atoms with van der Waals surface area (Å²) in [6, 6.07) is 7.69. The van der Waals surface area contributed by atoms with E-state index in [9.17, 15) is 0 Å². The Morgan fingerprint density at radius 3 is 2.82 bits per heavy atom. The third-order valence-electron chi connectivity index (χ3n) is 4.13. The van der Waals surface area contributed by atoms with Crippen LogP contribution in [-0.4, -0.2) is 49.6 Å². The number of hydrogen-bond acceptors (Lipinski definition) is 5. The fourth-order valence-electron chi connectivity index (χ4n) is 2.78. The van der Waals surface area contributed by atoms with Crippen molar-refractivity contribution in [3.63, 3.8) is 0 Å². The molecule has 1 aromatic carbocycles. The third kappa shape index (κ3) is 3.91. The Morgan fingerprint density at radius 1 is 1.23 bits per heavy atom. The molecule has 0 spiro atoms. The van der Waals surface area contributed by atoms with Crippen molar-refractivity contribution in [1.29, 1.82) is 0 Å². The third-order valence-corrected chi connectivity index (χ3v) is 4.13. The van der Waals surface area contributed by atoms with Crippen LogP contribution in [0.15, 0.2) is 29.4 Å². The SMILES string of the molecule is C/C(=N\OCCN1CCCCC1)[C@H]1COc2ccccc2O1. The maximum Gasteiger partial charge on any atom is 0.174 e. The molecule has 5 nitrogen and oxygen atoms in total. The van der Waals surface area contributed by atoms with Gasteiger partial charge in [0.1, 0.15) is 13.2 Å². The minimum Gasteiger partial charge on any atom is -0.485 e. The van der Waals surface area contributed by atoms with Crippen molar-refractivity contribution >= 4 is 5.71 Å². The van der Waals surface area contributed by atoms with Crippen LogP contribution in [0.25, 0.3) is 0 Å². The summed E-state index contributed by atoms with van der Waals surface area (Å²) in [5.74, 6) is 1.55. The van der Waals surface area contributed by atoms with Gasteiger partial charge in [-0.2, -0.15) is 0 Å². The quantitative estimate of drug-likeness (QED) is 0.476. The predicted molar refractivity (Wildman–Crippen MR) is 85.7 cm³/mol. The van der Waals surface area contributed by atoms with Crippen LogP contribution in [0.4, 0.5) is 0 Å². The molecular weight excluding hydrogens is 280 g/mol. The maximum absolute atomic E-state index is 5.89. The van der Waals surface area contributed by atoms with E-state index in [1.165, 1.54) is 32.4 Å². The molecule has 5 heteroatoms. The van der Waals surface area contributed by atoms with Gasteiger partial charge in [-0.05, 0) is 45.0 Å². The summed E-state index contributed by atoms with van der Waals surface area (Å²) in [6.45, 7) is 6.33. The number of piperidine rings is 1. The first-order valence-corrected chi connectivity index (χ1v) is 8.10. The number of oxime groups is 1. The average molecular weight is 304 g/mol. The van der Waals surface area contributed by atoms with Crippen LogP contribution in [0, 0.1) is 0 Å². The van der Waals surface area contributed by atoms with Crippen LogP contribution in [-0.2, 0) is 4.84 Å². The van der Waals surface area contributed by atoms with Gasteiger partial charge in [0.15, 0.2) is 17.6 Å². The molecule has 0 amide bonds. The molecule has 1 aromatic rings. The highest BCUT2D eigenvalue weighted by Crippen LogP contribution is 2.31. The minimum atomic E-state index is -0.176. The monoisotopic (exact) mass is 304 g/mol. The van der Waals surface area contributed by atoms with Crippen molar-refractivity contribution in [2.45, 2.75) is 32.3 Å². The smallest absolute Gasteiger partial charge is 0.174 e. The average Bonchev–Trinajstić information content (AvgIpc) is 2.59. The standard InChI is InChI=1S/C17H24N2O3/c1-14(18-21-12-11-19-9-5-2-6-10-19)17-13-20-15-7-3-4-8-16(15)22-17/h3-4,7-8,17H,2,5-6,9-13H2,1H3/b18-14+/t17-/m1/s1. The Balaban J connectivity index is 1.44. The van der Waals surface area contributed by atoms with E-state index in [0.717, 1.165) is 23.8 Å². The molecule has 2 aliphatic heterocycles. The van der Waals surface area contributed by atoms with E-state index in [-0.39, 0.29) is 6.10 Å². The van der Waals surface area contributed by atoms with Crippen molar-refractivity contribution in [1.82, 2.24) is 4.90 Å². The van der Waals surface area contributed by atoms with E-state index in [4.69, 9.17) is 14.3 Å². The summed E-state index contributed by atoms with van der Waals surface area (Å²) in [5, 5.41) is 4.19. The van der Waals surface area contributed by atoms with Crippen LogP contribution in [0.5, 0.6) is 11.5 Å². The lowest BCUT2D eigenvalue weighted by Crippen LogP contribution is -2.35. The Labute approximate surface area is 131 Å². The van der Waals surface area contributed by atoms with Gasteiger partial charge in [0, 0.05) is 6.54 Å². The summed E-state index contributed by atoms with van der Waals surface area (Å²) in [5.41, 5.74) is 0.813. The number of benzene rings is 1. The van der Waals surface area contributed by atoms with Gasteiger partial charge in [-0.25, -0.2) is 0 Å². The van der Waals surface area contributed by atoms with E-state index in [2.05, 4.69) is 10.1 Å². The normalized spacial score (nSPS) is 22.4. The van der Waals surface area contributed by atoms with Gasteiger partial charge in [-0.1, -0.05) is 23.7 Å². The summed E-state index contributed by atoms with van der Waals surface area (Å²) in [4.78, 5) is 7.89. The largest absolute Gasteiger partial charge is 0.485 e. The maximum atomic E-state index is 5.89. The zero-order valence-corrected chi connectivity index (χ0v) is 13.2. The van der Waals surface area contributed by atoms with Crippen molar-refractivity contribution < 1.29 is 14.3 Å². The summed E-state index contributed by atoms with van der Waals surface area (Å²) in [7, 11) is 0. The fraction of sp³-hybridized carbons (Fsp3) is 0.588. The first-order chi connectivity index (χ1) is 10.8. The molecule has 0 aromatic heterocycles. The lowest BCUT2D eigenvalue weighted by atomic mass is 10.1. The zero-order chi connectivity index (χ0) is 15.2. The van der Waals surface area contributed by atoms with Gasteiger partial charge in [0.25, 0.3) is 0 Å². The fourth-order valence-corrected chi connectivity index (χ4v) is 2.78. The molecule has 2 aliphatic rings. The van der Waals surface area contributed by atoms with Crippen molar-refractivity contribution in [2.24, 2.45) is 5.16 Å². The van der Waals surface area contributed by atoms with E-state index in [1.54, 1.807) is 0 Å². The molecule has 0 aliphatic carbocycles. The Kier molecular flexibility index (Phi) is 5.16. The Hall–Kier alpha value is -1.75. The highest BCUT2D eigenvalue weighted by atomic mass is 16.6. The van der Waals surface area contributed by atoms with Crippen LogP contribution >= 0.6 is 0 Å². The number of likely N-dealkylation sites (tertiary alicyclic amines) is 1. The van der Waals surface area contributed by atoms with Crippen LogP contribution in [0.3, 0.4) is 0 Å². The molecule has 0 radical (unpaired) electrons. The molecule has 0 N–H and O–H groups in total. The van der Waals surface area contributed by atoms with E-state index in [1.807, 2.05) is 31.2 Å². The van der Waals surface area contributed by atoms with Gasteiger partial charge in [0.2, 0.25) is 0 Å². The minimum absolute atomic E-state index is 0.176. The van der Waals surface area contributed by atoms with Crippen LogP contribution in [0.2, 0.25) is 0 Å². The molecule has 0 unspecified atom stereocenters. The molecule has 3 rings (SSSR count). The van der Waals surface area contributed by atoms with Gasteiger partial charge in [0.05, 0.1) is 5.71 Å². The first-order valence-electron chi connectivity index (χ1n) is 8.10. The molecule has 1 atom stereocenters. The number of fused-ring (bicyclic) bond motifs is 1. The molecule has 1 saturated heterocycles. The van der Waals surface area contributed by atoms with Crippen LogP contribution < -0.4 is 9.47 Å². The first kappa shape index (κ1) is 15.2. The highest BCUT2D eigenvalue weighted by Gasteiger charge is 2.23. The molecule has 120 valence electrons. The molecule has 2 heterocycles. The number of nitrogens with zero attached hydrogens (tertiary/aromatic N) is 2. The summed E-state index contributed by atoms with van der Waals surface area (Å²) in [6.07, 6.45) is 3.78. The second-order valence-corrected chi connectivity index (χ2v) is 5.83. The summed E-state index contributed by atoms with van der Waals surface area (Å²) < 4.78 is 11.6. The number of hydrogen-bond donors (Lipinski definition) is 0. The van der Waals surface area contributed by atoms with Crippen molar-refractivity contribution in [3.05, 3.63) is 24.3 Å². The van der Waals surface area contributed by atoms with Gasteiger partial charge >= 0.3 is 0 Å². The molecule has 0 saturated carbocycles. The molecule has 0 bridgehead atoms. The lowest BCUT2D eigenvalue weighted by Gasteiger charge is -2.26. The topological polar surface area (TPSA) is 43.3 Å².